The number of fused-ring (bicyclic) bond motifs is 1. The predicted octanol–water partition coefficient (Wildman–Crippen LogP) is 3.74. The van der Waals surface area contributed by atoms with E-state index < -0.39 is 11.5 Å². The van der Waals surface area contributed by atoms with Gasteiger partial charge in [0.15, 0.2) is 17.3 Å². The van der Waals surface area contributed by atoms with Crippen molar-refractivity contribution in [2.24, 2.45) is 0 Å². The van der Waals surface area contributed by atoms with Crippen molar-refractivity contribution in [3.63, 3.8) is 0 Å². The Bertz CT molecular complexity index is 1170. The van der Waals surface area contributed by atoms with Gasteiger partial charge in [-0.05, 0) is 37.1 Å². The molecule has 32 heavy (non-hydrogen) atoms. The summed E-state index contributed by atoms with van der Waals surface area (Å²) < 4.78 is 17.0. The Morgan fingerprint density at radius 3 is 2.25 bits per heavy atom. The second-order valence-corrected chi connectivity index (χ2v) is 7.71. The zero-order chi connectivity index (χ0) is 22.7. The predicted molar refractivity (Wildman–Crippen MR) is 119 cm³/mol. The van der Waals surface area contributed by atoms with Crippen LogP contribution in [0.1, 0.15) is 54.2 Å². The highest BCUT2D eigenvalue weighted by molar-refractivity contribution is 5.91. The van der Waals surface area contributed by atoms with Gasteiger partial charge in [-0.3, -0.25) is 4.79 Å². The number of nitrogens with zero attached hydrogens (tertiary/aromatic N) is 2. The van der Waals surface area contributed by atoms with Gasteiger partial charge in [0.05, 0.1) is 37.8 Å². The highest BCUT2D eigenvalue weighted by Crippen LogP contribution is 2.38. The van der Waals surface area contributed by atoms with Crippen LogP contribution in [-0.2, 0) is 0 Å². The zero-order valence-electron chi connectivity index (χ0n) is 18.4. The van der Waals surface area contributed by atoms with Gasteiger partial charge in [0.25, 0.3) is 5.56 Å². The molecule has 1 saturated carbocycles. The molecule has 0 saturated heterocycles. The van der Waals surface area contributed by atoms with Crippen molar-refractivity contribution >= 4 is 16.9 Å². The first-order valence-corrected chi connectivity index (χ1v) is 10.6. The van der Waals surface area contributed by atoms with Crippen LogP contribution in [0.3, 0.4) is 0 Å². The molecule has 2 aromatic carbocycles. The molecule has 4 rings (SSSR count). The van der Waals surface area contributed by atoms with Gasteiger partial charge in [0, 0.05) is 5.92 Å². The molecule has 1 aromatic heterocycles. The molecule has 0 bridgehead atoms. The zero-order valence-corrected chi connectivity index (χ0v) is 18.4. The summed E-state index contributed by atoms with van der Waals surface area (Å²) in [6.45, 7) is 0. The van der Waals surface area contributed by atoms with Crippen molar-refractivity contribution in [2.45, 2.75) is 38.0 Å². The highest BCUT2D eigenvalue weighted by atomic mass is 16.7. The van der Waals surface area contributed by atoms with Crippen LogP contribution in [0.15, 0.2) is 41.2 Å². The minimum absolute atomic E-state index is 0.0498. The normalized spacial score (nSPS) is 14.2. The van der Waals surface area contributed by atoms with Gasteiger partial charge in [-0.25, -0.2) is 9.78 Å². The lowest BCUT2D eigenvalue weighted by Crippen LogP contribution is -2.35. The van der Waals surface area contributed by atoms with Gasteiger partial charge in [-0.15, -0.1) is 4.73 Å². The van der Waals surface area contributed by atoms with Gasteiger partial charge in [-0.2, -0.15) is 0 Å². The highest BCUT2D eigenvalue weighted by Gasteiger charge is 2.26. The molecule has 0 atom stereocenters. The molecule has 0 amide bonds. The molecule has 0 unspecified atom stereocenters. The van der Waals surface area contributed by atoms with Crippen LogP contribution >= 0.6 is 0 Å². The van der Waals surface area contributed by atoms with Crippen molar-refractivity contribution in [3.8, 4) is 17.2 Å². The molecular weight excluding hydrogens is 412 g/mol. The lowest BCUT2D eigenvalue weighted by molar-refractivity contribution is 0.0411. The maximum absolute atomic E-state index is 13.3. The Balaban J connectivity index is 1.79. The van der Waals surface area contributed by atoms with Crippen molar-refractivity contribution in [2.75, 3.05) is 21.3 Å². The molecule has 0 aliphatic heterocycles. The standard InChI is InChI=1S/C24H26N2O6/c1-29-19-13-16(14-20(30-2)21(19)31-3)24(28)32-26-22(15-9-5-4-6-10-15)25-18-12-8-7-11-17(18)23(26)27/h7-8,11-15H,4-6,9-10H2,1-3H3. The van der Waals surface area contributed by atoms with E-state index in [1.807, 2.05) is 6.07 Å². The third-order valence-electron chi connectivity index (χ3n) is 5.81. The summed E-state index contributed by atoms with van der Waals surface area (Å²) in [4.78, 5) is 36.8. The van der Waals surface area contributed by atoms with Gasteiger partial charge >= 0.3 is 5.97 Å². The van der Waals surface area contributed by atoms with E-state index in [9.17, 15) is 9.59 Å². The fourth-order valence-corrected chi connectivity index (χ4v) is 4.17. The first kappa shape index (κ1) is 21.7. The number of para-hydroxylation sites is 1. The average molecular weight is 438 g/mol. The fraction of sp³-hybridized carbons (Fsp3) is 0.375. The van der Waals surface area contributed by atoms with Crippen LogP contribution in [0.25, 0.3) is 10.9 Å². The van der Waals surface area contributed by atoms with Gasteiger partial charge in [-0.1, -0.05) is 31.4 Å². The van der Waals surface area contributed by atoms with Crippen molar-refractivity contribution in [1.29, 1.82) is 0 Å². The monoisotopic (exact) mass is 438 g/mol. The number of ether oxygens (including phenoxy) is 3. The summed E-state index contributed by atoms with van der Waals surface area (Å²) in [5.41, 5.74) is 0.351. The number of aromatic nitrogens is 2. The number of methoxy groups -OCH3 is 3. The summed E-state index contributed by atoms with van der Waals surface area (Å²) in [5.74, 6) is 0.799. The topological polar surface area (TPSA) is 88.9 Å². The Morgan fingerprint density at radius 1 is 0.969 bits per heavy atom. The van der Waals surface area contributed by atoms with Gasteiger partial charge in [0.1, 0.15) is 0 Å². The Morgan fingerprint density at radius 2 is 1.62 bits per heavy atom. The number of hydrogen-bond acceptors (Lipinski definition) is 7. The summed E-state index contributed by atoms with van der Waals surface area (Å²) in [5, 5.41) is 0.393. The Kier molecular flexibility index (Phi) is 6.30. The van der Waals surface area contributed by atoms with E-state index in [-0.39, 0.29) is 11.5 Å². The third-order valence-corrected chi connectivity index (χ3v) is 5.81. The largest absolute Gasteiger partial charge is 0.493 e. The van der Waals surface area contributed by atoms with Crippen LogP contribution in [0.5, 0.6) is 17.2 Å². The summed E-state index contributed by atoms with van der Waals surface area (Å²) >= 11 is 0. The first-order chi connectivity index (χ1) is 15.6. The smallest absolute Gasteiger partial charge is 0.364 e. The van der Waals surface area contributed by atoms with Gasteiger partial charge < -0.3 is 19.0 Å². The number of carbonyl (C=O) groups is 1. The Labute approximate surface area is 185 Å². The molecule has 1 aliphatic carbocycles. The molecule has 0 spiro atoms. The third kappa shape index (κ3) is 4.00. The maximum atomic E-state index is 13.3. The van der Waals surface area contributed by atoms with E-state index in [0.717, 1.165) is 36.8 Å². The molecule has 0 N–H and O–H groups in total. The number of hydrogen-bond donors (Lipinski definition) is 0. The SMILES string of the molecule is COc1cc(C(=O)On2c(C3CCCCC3)nc3ccccc3c2=O)cc(OC)c1OC. The van der Waals surface area contributed by atoms with Crippen LogP contribution < -0.4 is 24.6 Å². The maximum Gasteiger partial charge on any atom is 0.364 e. The minimum Gasteiger partial charge on any atom is -0.493 e. The van der Waals surface area contributed by atoms with E-state index in [0.29, 0.717) is 34.0 Å². The van der Waals surface area contributed by atoms with Crippen molar-refractivity contribution in [1.82, 2.24) is 9.71 Å². The van der Waals surface area contributed by atoms with Crippen LogP contribution in [0.4, 0.5) is 0 Å². The van der Waals surface area contributed by atoms with E-state index >= 15 is 0 Å². The second-order valence-electron chi connectivity index (χ2n) is 7.71. The van der Waals surface area contributed by atoms with Crippen molar-refractivity contribution in [3.05, 3.63) is 58.1 Å². The molecule has 1 aliphatic rings. The minimum atomic E-state index is -0.722. The van der Waals surface area contributed by atoms with Crippen LogP contribution in [0.2, 0.25) is 0 Å². The van der Waals surface area contributed by atoms with Crippen LogP contribution in [0, 0.1) is 0 Å². The second kappa shape index (κ2) is 9.30. The summed E-state index contributed by atoms with van der Waals surface area (Å²) in [7, 11) is 4.41. The first-order valence-electron chi connectivity index (χ1n) is 10.6. The van der Waals surface area contributed by atoms with E-state index in [4.69, 9.17) is 24.0 Å². The van der Waals surface area contributed by atoms with E-state index in [1.165, 1.54) is 33.5 Å². The quantitative estimate of drug-likeness (QED) is 0.579. The number of benzene rings is 2. The van der Waals surface area contributed by atoms with E-state index in [2.05, 4.69) is 0 Å². The lowest BCUT2D eigenvalue weighted by Gasteiger charge is -2.23. The lowest BCUT2D eigenvalue weighted by atomic mass is 9.88. The molecule has 168 valence electrons. The molecule has 8 nitrogen and oxygen atoms in total. The molecule has 8 heteroatoms. The summed E-state index contributed by atoms with van der Waals surface area (Å²) in [6.07, 6.45) is 5.04. The molecule has 1 heterocycles. The molecule has 3 aromatic rings. The van der Waals surface area contributed by atoms with Gasteiger partial charge in [0.2, 0.25) is 5.75 Å². The van der Waals surface area contributed by atoms with E-state index in [1.54, 1.807) is 18.2 Å². The molecular formula is C24H26N2O6. The molecule has 1 fully saturated rings. The number of carbonyl (C=O) groups excluding carboxylic acids is 1. The Hall–Kier alpha value is -3.55. The molecule has 0 radical (unpaired) electrons. The number of rotatable bonds is 6. The average Bonchev–Trinajstić information content (AvgIpc) is 2.85. The summed E-state index contributed by atoms with van der Waals surface area (Å²) in [6, 6.07) is 10.1. The fourth-order valence-electron chi connectivity index (χ4n) is 4.17. The van der Waals surface area contributed by atoms with Crippen LogP contribution in [-0.4, -0.2) is 37.0 Å². The van der Waals surface area contributed by atoms with Crippen molar-refractivity contribution < 1.29 is 23.8 Å².